The van der Waals surface area contributed by atoms with Crippen LogP contribution in [0.15, 0.2) is 0 Å². The monoisotopic (exact) mass is 193 g/mol. The third kappa shape index (κ3) is 8.12. The normalized spacial score (nSPS) is 13.2. The van der Waals surface area contributed by atoms with Crippen LogP contribution in [-0.4, -0.2) is 25.0 Å². The third-order valence-corrected chi connectivity index (χ3v) is 2.10. The van der Waals surface area contributed by atoms with Crippen LogP contribution < -0.4 is 0 Å². The Labute approximate surface area is 75.3 Å². The Morgan fingerprint density at radius 1 is 1.25 bits per heavy atom. The minimum Gasteiger partial charge on any atom is -0.373 e. The molecule has 0 aliphatic carbocycles. The van der Waals surface area contributed by atoms with Gasteiger partial charge in [-0.1, -0.05) is 0 Å². The Morgan fingerprint density at radius 2 is 1.83 bits per heavy atom. The van der Waals surface area contributed by atoms with E-state index in [0.717, 1.165) is 0 Å². The van der Waals surface area contributed by atoms with Crippen molar-refractivity contribution in [2.24, 2.45) is 0 Å². The Hall–Kier alpha value is 0.0200. The first kappa shape index (κ1) is 12.0. The van der Waals surface area contributed by atoms with Crippen molar-refractivity contribution >= 4 is 8.03 Å². The van der Waals surface area contributed by atoms with E-state index in [4.69, 9.17) is 9.26 Å². The zero-order valence-corrected chi connectivity index (χ0v) is 9.19. The van der Waals surface area contributed by atoms with Gasteiger partial charge < -0.3 is 4.74 Å². The summed E-state index contributed by atoms with van der Waals surface area (Å²) >= 11 is 0. The molecule has 0 spiro atoms. The second-order valence-electron chi connectivity index (χ2n) is 3.44. The van der Waals surface area contributed by atoms with Gasteiger partial charge in [0, 0.05) is 0 Å². The van der Waals surface area contributed by atoms with Gasteiger partial charge in [-0.25, -0.2) is 0 Å². The summed E-state index contributed by atoms with van der Waals surface area (Å²) in [5, 5.41) is 0. The SMILES string of the molecule is CC[P+](=O)OCCOC(C)(C)C. The van der Waals surface area contributed by atoms with E-state index in [1.165, 1.54) is 0 Å². The summed E-state index contributed by atoms with van der Waals surface area (Å²) in [5.74, 6) is 0. The summed E-state index contributed by atoms with van der Waals surface area (Å²) in [6.07, 6.45) is 0.574. The number of ether oxygens (including phenoxy) is 1. The average molecular weight is 193 g/mol. The van der Waals surface area contributed by atoms with Crippen LogP contribution in [0.25, 0.3) is 0 Å². The van der Waals surface area contributed by atoms with Gasteiger partial charge in [-0.3, -0.25) is 0 Å². The Balaban J connectivity index is 3.28. The van der Waals surface area contributed by atoms with Gasteiger partial charge in [-0.2, -0.15) is 0 Å². The first-order valence-corrected chi connectivity index (χ1v) is 5.53. The molecule has 1 atom stereocenters. The maximum absolute atomic E-state index is 10.8. The molecule has 0 fully saturated rings. The molecule has 12 heavy (non-hydrogen) atoms. The van der Waals surface area contributed by atoms with Crippen molar-refractivity contribution in [3.63, 3.8) is 0 Å². The second-order valence-corrected chi connectivity index (χ2v) is 5.00. The summed E-state index contributed by atoms with van der Waals surface area (Å²) in [7, 11) is -1.46. The van der Waals surface area contributed by atoms with E-state index in [9.17, 15) is 4.57 Å². The summed E-state index contributed by atoms with van der Waals surface area (Å²) in [6.45, 7) is 8.70. The first-order chi connectivity index (χ1) is 5.45. The smallest absolute Gasteiger partial charge is 0.373 e. The molecule has 0 bridgehead atoms. The predicted octanol–water partition coefficient (Wildman–Crippen LogP) is 2.58. The van der Waals surface area contributed by atoms with Gasteiger partial charge in [-0.05, 0) is 32.3 Å². The topological polar surface area (TPSA) is 35.5 Å². The maximum atomic E-state index is 10.8. The molecule has 0 amide bonds. The molecule has 0 aromatic heterocycles. The van der Waals surface area contributed by atoms with E-state index in [1.54, 1.807) is 0 Å². The van der Waals surface area contributed by atoms with Crippen molar-refractivity contribution in [1.29, 1.82) is 0 Å². The van der Waals surface area contributed by atoms with Crippen LogP contribution in [0.3, 0.4) is 0 Å². The number of rotatable bonds is 5. The molecular weight excluding hydrogens is 175 g/mol. The van der Waals surface area contributed by atoms with Crippen LogP contribution in [0.2, 0.25) is 0 Å². The summed E-state index contributed by atoms with van der Waals surface area (Å²) in [6, 6.07) is 0. The van der Waals surface area contributed by atoms with Crippen LogP contribution in [0.1, 0.15) is 27.7 Å². The molecule has 0 heterocycles. The lowest BCUT2D eigenvalue weighted by Gasteiger charge is -2.18. The molecule has 3 nitrogen and oxygen atoms in total. The van der Waals surface area contributed by atoms with E-state index in [0.29, 0.717) is 19.4 Å². The fourth-order valence-corrected chi connectivity index (χ4v) is 1.04. The van der Waals surface area contributed by atoms with Crippen molar-refractivity contribution in [2.45, 2.75) is 33.3 Å². The molecule has 0 saturated heterocycles. The Bertz CT molecular complexity index is 140. The van der Waals surface area contributed by atoms with Gasteiger partial charge in [0.05, 0.1) is 12.2 Å². The van der Waals surface area contributed by atoms with Gasteiger partial charge in [0.25, 0.3) is 0 Å². The maximum Gasteiger partial charge on any atom is 0.507 e. The van der Waals surface area contributed by atoms with Crippen molar-refractivity contribution in [1.82, 2.24) is 0 Å². The van der Waals surface area contributed by atoms with Gasteiger partial charge in [0.2, 0.25) is 0 Å². The summed E-state index contributed by atoms with van der Waals surface area (Å²) in [5.41, 5.74) is -0.138. The molecule has 0 N–H and O–H groups in total. The highest BCUT2D eigenvalue weighted by atomic mass is 31.1. The second kappa shape index (κ2) is 5.63. The highest BCUT2D eigenvalue weighted by Crippen LogP contribution is 2.20. The molecular formula is C8H18O3P+. The summed E-state index contributed by atoms with van der Waals surface area (Å²) in [4.78, 5) is 0. The molecule has 0 rings (SSSR count). The Morgan fingerprint density at radius 3 is 2.25 bits per heavy atom. The van der Waals surface area contributed by atoms with Crippen LogP contribution in [-0.2, 0) is 13.8 Å². The van der Waals surface area contributed by atoms with E-state index in [1.807, 2.05) is 27.7 Å². The van der Waals surface area contributed by atoms with E-state index < -0.39 is 8.03 Å². The highest BCUT2D eigenvalue weighted by molar-refractivity contribution is 7.39. The lowest BCUT2D eigenvalue weighted by molar-refractivity contribution is -0.0154. The van der Waals surface area contributed by atoms with Crippen LogP contribution in [0.5, 0.6) is 0 Å². The highest BCUT2D eigenvalue weighted by Gasteiger charge is 2.14. The molecule has 1 unspecified atom stereocenters. The lowest BCUT2D eigenvalue weighted by Crippen LogP contribution is -2.21. The molecule has 0 aromatic rings. The van der Waals surface area contributed by atoms with E-state index >= 15 is 0 Å². The number of hydrogen-bond acceptors (Lipinski definition) is 3. The molecule has 0 aromatic carbocycles. The third-order valence-electron chi connectivity index (χ3n) is 1.11. The number of hydrogen-bond donors (Lipinski definition) is 0. The van der Waals surface area contributed by atoms with Gasteiger partial charge in [-0.15, -0.1) is 4.52 Å². The van der Waals surface area contributed by atoms with Crippen LogP contribution in [0, 0.1) is 0 Å². The molecule has 0 saturated carbocycles. The largest absolute Gasteiger partial charge is 0.507 e. The zero-order valence-electron chi connectivity index (χ0n) is 8.29. The van der Waals surface area contributed by atoms with Crippen molar-refractivity contribution in [3.05, 3.63) is 0 Å². The minimum absolute atomic E-state index is 0.138. The predicted molar refractivity (Wildman–Crippen MR) is 49.8 cm³/mol. The van der Waals surface area contributed by atoms with E-state index in [-0.39, 0.29) is 5.60 Å². The zero-order chi connectivity index (χ0) is 9.61. The van der Waals surface area contributed by atoms with Crippen molar-refractivity contribution in [2.75, 3.05) is 19.4 Å². The summed E-state index contributed by atoms with van der Waals surface area (Å²) < 4.78 is 21.1. The molecule has 0 aliphatic rings. The van der Waals surface area contributed by atoms with E-state index in [2.05, 4.69) is 0 Å². The molecule has 4 heteroatoms. The van der Waals surface area contributed by atoms with Gasteiger partial charge in [0.1, 0.15) is 6.61 Å². The Kier molecular flexibility index (Phi) is 5.64. The lowest BCUT2D eigenvalue weighted by atomic mass is 10.2. The standard InChI is InChI=1S/C8H18O3P/c1-5-12(9)11-7-6-10-8(2,3)4/h5-7H2,1-4H3/q+1. The molecule has 0 radical (unpaired) electrons. The van der Waals surface area contributed by atoms with Gasteiger partial charge >= 0.3 is 8.03 Å². The average Bonchev–Trinajstić information content (AvgIpc) is 1.96. The molecule has 72 valence electrons. The van der Waals surface area contributed by atoms with Crippen LogP contribution in [0.4, 0.5) is 0 Å². The van der Waals surface area contributed by atoms with Crippen LogP contribution >= 0.6 is 8.03 Å². The quantitative estimate of drug-likeness (QED) is 0.497. The van der Waals surface area contributed by atoms with Crippen molar-refractivity contribution < 1.29 is 13.8 Å². The fraction of sp³-hybridized carbons (Fsp3) is 1.00. The van der Waals surface area contributed by atoms with Crippen molar-refractivity contribution in [3.8, 4) is 0 Å². The van der Waals surface area contributed by atoms with Gasteiger partial charge in [0.15, 0.2) is 6.16 Å². The molecule has 0 aliphatic heterocycles. The minimum atomic E-state index is -1.46. The first-order valence-electron chi connectivity index (χ1n) is 4.17. The fourth-order valence-electron chi connectivity index (χ4n) is 0.578.